The number of rotatable bonds is 4. The van der Waals surface area contributed by atoms with Gasteiger partial charge < -0.3 is 4.42 Å². The smallest absolute Gasteiger partial charge is 0.269 e. The Balaban J connectivity index is 1.79. The lowest BCUT2D eigenvalue weighted by molar-refractivity contribution is -0.384. The zero-order chi connectivity index (χ0) is 16.2. The lowest BCUT2D eigenvalue weighted by Gasteiger charge is -2.00. The maximum atomic E-state index is 12.2. The minimum Gasteiger partial charge on any atom is -0.463 e. The number of para-hydroxylation sites is 1. The van der Waals surface area contributed by atoms with E-state index in [1.54, 1.807) is 24.3 Å². The number of hydrogen-bond acceptors (Lipinski definition) is 6. The largest absolute Gasteiger partial charge is 0.463 e. The fourth-order valence-electron chi connectivity index (χ4n) is 2.02. The van der Waals surface area contributed by atoms with Crippen molar-refractivity contribution in [2.45, 2.75) is 0 Å². The van der Waals surface area contributed by atoms with Gasteiger partial charge in [0.25, 0.3) is 5.69 Å². The van der Waals surface area contributed by atoms with Crippen LogP contribution in [0, 0.1) is 10.1 Å². The molecule has 3 rings (SSSR count). The van der Waals surface area contributed by atoms with Crippen molar-refractivity contribution >= 4 is 28.6 Å². The van der Waals surface area contributed by atoms with Crippen LogP contribution in [0.2, 0.25) is 0 Å². The Kier molecular flexibility index (Phi) is 3.84. The highest BCUT2D eigenvalue weighted by atomic mass is 16.6. The molecule has 0 aliphatic heterocycles. The van der Waals surface area contributed by atoms with Crippen molar-refractivity contribution in [3.05, 3.63) is 80.7 Å². The molecule has 0 saturated heterocycles. The first-order valence-electron chi connectivity index (χ1n) is 6.69. The molecule has 1 aromatic heterocycles. The molecule has 0 atom stereocenters. The van der Waals surface area contributed by atoms with Crippen molar-refractivity contribution < 1.29 is 9.34 Å². The molecule has 0 saturated carbocycles. The normalized spacial score (nSPS) is 11.0. The van der Waals surface area contributed by atoms with E-state index in [1.807, 2.05) is 0 Å². The number of nitro groups is 1. The average Bonchev–Trinajstić information content (AvgIpc) is 2.57. The summed E-state index contributed by atoms with van der Waals surface area (Å²) in [5.74, 6) is 0. The van der Waals surface area contributed by atoms with Gasteiger partial charge in [0.05, 0.1) is 27.8 Å². The van der Waals surface area contributed by atoms with Gasteiger partial charge in [-0.1, -0.05) is 12.1 Å². The van der Waals surface area contributed by atoms with Crippen LogP contribution < -0.4 is 10.9 Å². The van der Waals surface area contributed by atoms with Crippen molar-refractivity contribution in [3.63, 3.8) is 0 Å². The molecule has 114 valence electrons. The monoisotopic (exact) mass is 309 g/mol. The molecule has 23 heavy (non-hydrogen) atoms. The first-order valence-corrected chi connectivity index (χ1v) is 6.69. The van der Waals surface area contributed by atoms with Gasteiger partial charge in [0.1, 0.15) is 11.8 Å². The van der Waals surface area contributed by atoms with Gasteiger partial charge >= 0.3 is 0 Å². The molecular formula is C16H11N3O4. The molecule has 7 heteroatoms. The quantitative estimate of drug-likeness (QED) is 0.453. The van der Waals surface area contributed by atoms with Crippen LogP contribution in [-0.2, 0) is 0 Å². The fourth-order valence-corrected chi connectivity index (χ4v) is 2.02. The predicted octanol–water partition coefficient (Wildman–Crippen LogP) is 3.15. The van der Waals surface area contributed by atoms with Gasteiger partial charge in [-0.3, -0.25) is 20.3 Å². The highest BCUT2D eigenvalue weighted by Gasteiger charge is 2.05. The number of non-ortho nitro benzene ring substituents is 1. The molecule has 3 aromatic rings. The SMILES string of the molecule is O=c1c(/C=N/Nc2ccc([N+](=O)[O-])cc2)coc2ccccc12. The Bertz CT molecular complexity index is 945. The van der Waals surface area contributed by atoms with Crippen molar-refractivity contribution in [3.8, 4) is 0 Å². The molecule has 0 aliphatic rings. The van der Waals surface area contributed by atoms with Crippen molar-refractivity contribution in [1.29, 1.82) is 0 Å². The van der Waals surface area contributed by atoms with E-state index in [9.17, 15) is 14.9 Å². The third-order valence-corrected chi connectivity index (χ3v) is 3.18. The lowest BCUT2D eigenvalue weighted by atomic mass is 10.2. The molecule has 2 aromatic carbocycles. The molecule has 0 fully saturated rings. The standard InChI is InChI=1S/C16H11N3O4/c20-16-11(10-23-15-4-2-1-3-14(15)16)9-17-18-12-5-7-13(8-6-12)19(21)22/h1-10,18H/b17-9+. The van der Waals surface area contributed by atoms with Crippen LogP contribution in [0.3, 0.4) is 0 Å². The van der Waals surface area contributed by atoms with Gasteiger partial charge in [0, 0.05) is 12.1 Å². The van der Waals surface area contributed by atoms with E-state index in [0.29, 0.717) is 22.2 Å². The molecule has 0 bridgehead atoms. The lowest BCUT2D eigenvalue weighted by Crippen LogP contribution is -2.08. The Morgan fingerprint density at radius 1 is 1.13 bits per heavy atom. The average molecular weight is 309 g/mol. The van der Waals surface area contributed by atoms with Crippen LogP contribution in [0.4, 0.5) is 11.4 Å². The Morgan fingerprint density at radius 3 is 2.61 bits per heavy atom. The number of fused-ring (bicyclic) bond motifs is 1. The Labute approximate surface area is 130 Å². The Morgan fingerprint density at radius 2 is 1.87 bits per heavy atom. The number of nitro benzene ring substituents is 1. The van der Waals surface area contributed by atoms with E-state index >= 15 is 0 Å². The number of hydrazone groups is 1. The second-order valence-corrected chi connectivity index (χ2v) is 4.69. The van der Waals surface area contributed by atoms with Crippen molar-refractivity contribution in [2.75, 3.05) is 5.43 Å². The van der Waals surface area contributed by atoms with Gasteiger partial charge in [-0.2, -0.15) is 5.10 Å². The van der Waals surface area contributed by atoms with Crippen LogP contribution in [0.15, 0.2) is 69.1 Å². The molecule has 1 heterocycles. The van der Waals surface area contributed by atoms with Crippen molar-refractivity contribution in [2.24, 2.45) is 5.10 Å². The number of hydrogen-bond donors (Lipinski definition) is 1. The third-order valence-electron chi connectivity index (χ3n) is 3.18. The molecule has 1 N–H and O–H groups in total. The van der Waals surface area contributed by atoms with E-state index in [-0.39, 0.29) is 11.1 Å². The molecule has 0 amide bonds. The van der Waals surface area contributed by atoms with Crippen LogP contribution in [0.25, 0.3) is 11.0 Å². The van der Waals surface area contributed by atoms with E-state index in [0.717, 1.165) is 0 Å². The zero-order valence-electron chi connectivity index (χ0n) is 11.8. The highest BCUT2D eigenvalue weighted by Crippen LogP contribution is 2.15. The second kappa shape index (κ2) is 6.10. The molecule has 0 unspecified atom stereocenters. The van der Waals surface area contributed by atoms with Gasteiger partial charge in [0.15, 0.2) is 0 Å². The summed E-state index contributed by atoms with van der Waals surface area (Å²) in [5, 5.41) is 15.0. The highest BCUT2D eigenvalue weighted by molar-refractivity contribution is 5.86. The summed E-state index contributed by atoms with van der Waals surface area (Å²) < 4.78 is 5.37. The number of benzene rings is 2. The van der Waals surface area contributed by atoms with E-state index in [2.05, 4.69) is 10.5 Å². The maximum Gasteiger partial charge on any atom is 0.269 e. The zero-order valence-corrected chi connectivity index (χ0v) is 11.8. The van der Waals surface area contributed by atoms with E-state index in [4.69, 9.17) is 4.42 Å². The van der Waals surface area contributed by atoms with E-state index in [1.165, 1.54) is 36.7 Å². The molecule has 7 nitrogen and oxygen atoms in total. The summed E-state index contributed by atoms with van der Waals surface area (Å²) in [4.78, 5) is 22.3. The van der Waals surface area contributed by atoms with Gasteiger partial charge in [-0.05, 0) is 24.3 Å². The summed E-state index contributed by atoms with van der Waals surface area (Å²) in [6.45, 7) is 0. The minimum atomic E-state index is -0.479. The third kappa shape index (κ3) is 3.08. The maximum absolute atomic E-state index is 12.2. The number of nitrogens with one attached hydrogen (secondary N) is 1. The molecular weight excluding hydrogens is 298 g/mol. The van der Waals surface area contributed by atoms with Crippen LogP contribution >= 0.6 is 0 Å². The summed E-state index contributed by atoms with van der Waals surface area (Å²) in [5.41, 5.74) is 3.90. The fraction of sp³-hybridized carbons (Fsp3) is 0. The summed E-state index contributed by atoms with van der Waals surface area (Å²) in [7, 11) is 0. The van der Waals surface area contributed by atoms with Crippen LogP contribution in [0.1, 0.15) is 5.56 Å². The second-order valence-electron chi connectivity index (χ2n) is 4.69. The first-order chi connectivity index (χ1) is 11.1. The molecule has 0 aliphatic carbocycles. The Hall–Kier alpha value is -3.48. The first kappa shape index (κ1) is 14.5. The van der Waals surface area contributed by atoms with Gasteiger partial charge in [0.2, 0.25) is 5.43 Å². The van der Waals surface area contributed by atoms with Crippen molar-refractivity contribution in [1.82, 2.24) is 0 Å². The summed E-state index contributed by atoms with van der Waals surface area (Å²) >= 11 is 0. The minimum absolute atomic E-state index is 0.00490. The number of anilines is 1. The number of nitrogens with zero attached hydrogens (tertiary/aromatic N) is 2. The van der Waals surface area contributed by atoms with Crippen LogP contribution in [0.5, 0.6) is 0 Å². The molecule has 0 spiro atoms. The van der Waals surface area contributed by atoms with E-state index < -0.39 is 4.92 Å². The summed E-state index contributed by atoms with van der Waals surface area (Å²) in [6.07, 6.45) is 2.69. The van der Waals surface area contributed by atoms with Gasteiger partial charge in [-0.15, -0.1) is 0 Å². The van der Waals surface area contributed by atoms with Crippen LogP contribution in [-0.4, -0.2) is 11.1 Å². The summed E-state index contributed by atoms with van der Waals surface area (Å²) in [6, 6.07) is 12.7. The topological polar surface area (TPSA) is 97.7 Å². The molecule has 0 radical (unpaired) electrons. The predicted molar refractivity (Wildman–Crippen MR) is 86.8 cm³/mol. The van der Waals surface area contributed by atoms with Gasteiger partial charge in [-0.25, -0.2) is 0 Å².